The van der Waals surface area contributed by atoms with Crippen molar-refractivity contribution < 1.29 is 9.53 Å². The van der Waals surface area contributed by atoms with E-state index in [1.165, 1.54) is 11.1 Å². The molecule has 0 aromatic heterocycles. The minimum absolute atomic E-state index is 0.234. The van der Waals surface area contributed by atoms with Crippen LogP contribution in [0.5, 0.6) is 5.75 Å². The van der Waals surface area contributed by atoms with Crippen molar-refractivity contribution in [2.75, 3.05) is 6.61 Å². The highest BCUT2D eigenvalue weighted by Crippen LogP contribution is 2.35. The maximum absolute atomic E-state index is 11.1. The molecule has 1 heterocycles. The van der Waals surface area contributed by atoms with E-state index in [1.807, 2.05) is 0 Å². The number of fused-ring (bicyclic) bond motifs is 1. The van der Waals surface area contributed by atoms with Crippen molar-refractivity contribution in [2.45, 2.75) is 32.6 Å². The van der Waals surface area contributed by atoms with Crippen molar-refractivity contribution in [1.29, 1.82) is 0 Å². The van der Waals surface area contributed by atoms with Gasteiger partial charge in [0.1, 0.15) is 11.5 Å². The second-order valence-corrected chi connectivity index (χ2v) is 4.24. The second-order valence-electron chi connectivity index (χ2n) is 4.24. The topological polar surface area (TPSA) is 26.3 Å². The monoisotopic (exact) mass is 204 g/mol. The molecule has 0 amide bonds. The van der Waals surface area contributed by atoms with E-state index in [2.05, 4.69) is 25.1 Å². The summed E-state index contributed by atoms with van der Waals surface area (Å²) in [5.41, 5.74) is 2.46. The normalized spacial score (nSPS) is 15.6. The van der Waals surface area contributed by atoms with Gasteiger partial charge >= 0.3 is 0 Å². The highest BCUT2D eigenvalue weighted by atomic mass is 16.5. The number of carbonyl (C=O) groups is 1. The molecule has 1 atom stereocenters. The average molecular weight is 204 g/mol. The van der Waals surface area contributed by atoms with Crippen molar-refractivity contribution in [1.82, 2.24) is 0 Å². The standard InChI is InChI=1S/C13H16O2/c1-9(8-10(2)14)12-5-3-4-11-6-7-15-13(11)12/h3-5,9H,6-8H2,1-2H3. The minimum atomic E-state index is 0.234. The fourth-order valence-electron chi connectivity index (χ4n) is 2.17. The Labute approximate surface area is 90.3 Å². The number of carbonyl (C=O) groups excluding carboxylic acids is 1. The van der Waals surface area contributed by atoms with Crippen LogP contribution in [0.2, 0.25) is 0 Å². The summed E-state index contributed by atoms with van der Waals surface area (Å²) in [7, 11) is 0. The van der Waals surface area contributed by atoms with Crippen molar-refractivity contribution in [3.05, 3.63) is 29.3 Å². The molecular weight excluding hydrogens is 188 g/mol. The van der Waals surface area contributed by atoms with Crippen LogP contribution in [-0.4, -0.2) is 12.4 Å². The highest BCUT2D eigenvalue weighted by Gasteiger charge is 2.19. The Bertz CT molecular complexity index is 382. The molecule has 1 aliphatic rings. The Hall–Kier alpha value is -1.31. The summed E-state index contributed by atoms with van der Waals surface area (Å²) in [5, 5.41) is 0. The van der Waals surface area contributed by atoms with Crippen LogP contribution in [0.1, 0.15) is 37.3 Å². The third kappa shape index (κ3) is 2.04. The molecule has 0 radical (unpaired) electrons. The van der Waals surface area contributed by atoms with Crippen LogP contribution >= 0.6 is 0 Å². The average Bonchev–Trinajstić information content (AvgIpc) is 2.63. The number of ketones is 1. The molecule has 1 aliphatic heterocycles. The number of ether oxygens (including phenoxy) is 1. The maximum atomic E-state index is 11.1. The molecule has 1 unspecified atom stereocenters. The van der Waals surface area contributed by atoms with Gasteiger partial charge in [0.2, 0.25) is 0 Å². The van der Waals surface area contributed by atoms with Gasteiger partial charge in [-0.3, -0.25) is 0 Å². The first-order valence-corrected chi connectivity index (χ1v) is 5.42. The van der Waals surface area contributed by atoms with Crippen LogP contribution < -0.4 is 4.74 Å². The molecule has 80 valence electrons. The number of Topliss-reactive ketones (excluding diaryl/α,β-unsaturated/α-hetero) is 1. The zero-order valence-corrected chi connectivity index (χ0v) is 9.25. The fraction of sp³-hybridized carbons (Fsp3) is 0.462. The molecule has 1 aromatic carbocycles. The highest BCUT2D eigenvalue weighted by molar-refractivity contribution is 5.76. The van der Waals surface area contributed by atoms with Gasteiger partial charge in [0.15, 0.2) is 0 Å². The molecule has 1 aromatic rings. The van der Waals surface area contributed by atoms with Crippen molar-refractivity contribution in [3.8, 4) is 5.75 Å². The van der Waals surface area contributed by atoms with Gasteiger partial charge in [-0.2, -0.15) is 0 Å². The molecule has 2 nitrogen and oxygen atoms in total. The maximum Gasteiger partial charge on any atom is 0.130 e. The van der Waals surface area contributed by atoms with E-state index >= 15 is 0 Å². The minimum Gasteiger partial charge on any atom is -0.493 e. The first-order chi connectivity index (χ1) is 7.18. The Morgan fingerprint density at radius 3 is 3.07 bits per heavy atom. The molecule has 0 fully saturated rings. The quantitative estimate of drug-likeness (QED) is 0.756. The lowest BCUT2D eigenvalue weighted by atomic mass is 9.93. The molecule has 2 rings (SSSR count). The number of para-hydroxylation sites is 1. The smallest absolute Gasteiger partial charge is 0.130 e. The van der Waals surface area contributed by atoms with Crippen LogP contribution in [0.3, 0.4) is 0 Å². The van der Waals surface area contributed by atoms with Crippen molar-refractivity contribution in [2.24, 2.45) is 0 Å². The fourth-order valence-corrected chi connectivity index (χ4v) is 2.17. The summed E-state index contributed by atoms with van der Waals surface area (Å²) in [6, 6.07) is 6.23. The van der Waals surface area contributed by atoms with Gasteiger partial charge in [-0.25, -0.2) is 0 Å². The van der Waals surface area contributed by atoms with Gasteiger partial charge in [0.05, 0.1) is 6.61 Å². The summed E-state index contributed by atoms with van der Waals surface area (Å²) in [6.07, 6.45) is 1.59. The van der Waals surface area contributed by atoms with E-state index in [-0.39, 0.29) is 11.7 Å². The lowest BCUT2D eigenvalue weighted by molar-refractivity contribution is -0.117. The Morgan fingerprint density at radius 2 is 2.33 bits per heavy atom. The number of hydrogen-bond acceptors (Lipinski definition) is 2. The molecule has 0 N–H and O–H groups in total. The van der Waals surface area contributed by atoms with E-state index in [0.29, 0.717) is 6.42 Å². The molecule has 0 spiro atoms. The zero-order chi connectivity index (χ0) is 10.8. The lowest BCUT2D eigenvalue weighted by Crippen LogP contribution is -2.02. The lowest BCUT2D eigenvalue weighted by Gasteiger charge is -2.13. The van der Waals surface area contributed by atoms with Gasteiger partial charge < -0.3 is 9.53 Å². The third-order valence-corrected chi connectivity index (χ3v) is 2.87. The van der Waals surface area contributed by atoms with E-state index in [4.69, 9.17) is 4.74 Å². The van der Waals surface area contributed by atoms with E-state index in [0.717, 1.165) is 18.8 Å². The second kappa shape index (κ2) is 4.05. The largest absolute Gasteiger partial charge is 0.493 e. The summed E-state index contributed by atoms with van der Waals surface area (Å²) in [5.74, 6) is 1.51. The van der Waals surface area contributed by atoms with Gasteiger partial charge in [-0.1, -0.05) is 25.1 Å². The molecule has 15 heavy (non-hydrogen) atoms. The van der Waals surface area contributed by atoms with Gasteiger partial charge in [-0.05, 0) is 24.0 Å². The van der Waals surface area contributed by atoms with Gasteiger partial charge in [0.25, 0.3) is 0 Å². The molecule has 0 saturated carbocycles. The summed E-state index contributed by atoms with van der Waals surface area (Å²) in [4.78, 5) is 11.1. The molecule has 0 saturated heterocycles. The first-order valence-electron chi connectivity index (χ1n) is 5.42. The van der Waals surface area contributed by atoms with E-state index in [1.54, 1.807) is 6.92 Å². The van der Waals surface area contributed by atoms with E-state index < -0.39 is 0 Å². The predicted molar refractivity (Wildman–Crippen MR) is 59.4 cm³/mol. The van der Waals surface area contributed by atoms with Crippen LogP contribution in [0.25, 0.3) is 0 Å². The van der Waals surface area contributed by atoms with Crippen molar-refractivity contribution in [3.63, 3.8) is 0 Å². The zero-order valence-electron chi connectivity index (χ0n) is 9.25. The number of hydrogen-bond donors (Lipinski definition) is 0. The molecule has 2 heteroatoms. The Kier molecular flexibility index (Phi) is 2.76. The molecule has 0 aliphatic carbocycles. The summed E-state index contributed by atoms with van der Waals surface area (Å²) >= 11 is 0. The van der Waals surface area contributed by atoms with Crippen molar-refractivity contribution >= 4 is 5.78 Å². The summed E-state index contributed by atoms with van der Waals surface area (Å²) < 4.78 is 5.62. The molecular formula is C13H16O2. The number of rotatable bonds is 3. The van der Waals surface area contributed by atoms with Crippen LogP contribution in [-0.2, 0) is 11.2 Å². The first kappa shape index (κ1) is 10.2. The third-order valence-electron chi connectivity index (χ3n) is 2.87. The van der Waals surface area contributed by atoms with Crippen LogP contribution in [0.15, 0.2) is 18.2 Å². The summed E-state index contributed by atoms with van der Waals surface area (Å²) in [6.45, 7) is 4.50. The van der Waals surface area contributed by atoms with Crippen LogP contribution in [0, 0.1) is 0 Å². The SMILES string of the molecule is CC(=O)CC(C)c1cccc2c1OCC2. The predicted octanol–water partition coefficient (Wildman–Crippen LogP) is 2.70. The molecule has 0 bridgehead atoms. The van der Waals surface area contributed by atoms with E-state index in [9.17, 15) is 4.79 Å². The van der Waals surface area contributed by atoms with Gasteiger partial charge in [-0.15, -0.1) is 0 Å². The van der Waals surface area contributed by atoms with Gasteiger partial charge in [0, 0.05) is 12.8 Å². The Balaban J connectivity index is 2.28. The Morgan fingerprint density at radius 1 is 1.53 bits per heavy atom. The van der Waals surface area contributed by atoms with Crippen LogP contribution in [0.4, 0.5) is 0 Å². The number of benzene rings is 1.